The Hall–Kier alpha value is -2.48. The lowest BCUT2D eigenvalue weighted by Gasteiger charge is -2.22. The van der Waals surface area contributed by atoms with Crippen LogP contribution in [0.3, 0.4) is 0 Å². The van der Waals surface area contributed by atoms with Gasteiger partial charge in [0, 0.05) is 43.9 Å². The summed E-state index contributed by atoms with van der Waals surface area (Å²) in [5, 5.41) is 13.5. The van der Waals surface area contributed by atoms with E-state index in [0.717, 1.165) is 47.5 Å². The molecule has 1 fully saturated rings. The normalized spacial score (nSPS) is 16.5. The number of aryl methyl sites for hydroxylation is 2. The van der Waals surface area contributed by atoms with Gasteiger partial charge in [-0.3, -0.25) is 4.79 Å². The maximum Gasteiger partial charge on any atom is 0.234 e. The van der Waals surface area contributed by atoms with Crippen LogP contribution in [-0.2, 0) is 17.6 Å². The van der Waals surface area contributed by atoms with Gasteiger partial charge in [0.1, 0.15) is 5.01 Å². The molecule has 5 rings (SSSR count). The minimum Gasteiger partial charge on any atom is -0.371 e. The second kappa shape index (κ2) is 6.60. The van der Waals surface area contributed by atoms with E-state index < -0.39 is 0 Å². The Morgan fingerprint density at radius 1 is 1.19 bits per heavy atom. The standard InChI is InChI=1S/C19H22N6OS/c1-13-20-21-19-25(13)22-17(27-19)6-7-18(26)24-11-8-14-4-5-15(12-16(14)24)23-9-2-3-10-23/h4-5,12H,2-3,6-11H2,1H3. The third-order valence-corrected chi connectivity index (χ3v) is 6.44. The lowest BCUT2D eigenvalue weighted by Crippen LogP contribution is -2.29. The van der Waals surface area contributed by atoms with Crippen molar-refractivity contribution in [1.82, 2.24) is 19.8 Å². The summed E-state index contributed by atoms with van der Waals surface area (Å²) >= 11 is 1.51. The number of fused-ring (bicyclic) bond motifs is 2. The lowest BCUT2D eigenvalue weighted by atomic mass is 10.1. The van der Waals surface area contributed by atoms with E-state index in [-0.39, 0.29) is 5.91 Å². The number of aromatic nitrogens is 4. The molecule has 0 saturated carbocycles. The van der Waals surface area contributed by atoms with E-state index in [2.05, 4.69) is 38.4 Å². The van der Waals surface area contributed by atoms with Crippen molar-refractivity contribution in [3.8, 4) is 0 Å². The zero-order valence-corrected chi connectivity index (χ0v) is 16.2. The first-order valence-corrected chi connectivity index (χ1v) is 10.4. The summed E-state index contributed by atoms with van der Waals surface area (Å²) in [5.74, 6) is 0.955. The molecule has 8 heteroatoms. The maximum atomic E-state index is 12.9. The molecule has 27 heavy (non-hydrogen) atoms. The van der Waals surface area contributed by atoms with Gasteiger partial charge in [-0.25, -0.2) is 0 Å². The van der Waals surface area contributed by atoms with E-state index in [1.165, 1.54) is 35.4 Å². The Labute approximate surface area is 161 Å². The number of amides is 1. The van der Waals surface area contributed by atoms with Crippen LogP contribution in [0.5, 0.6) is 0 Å². The van der Waals surface area contributed by atoms with Gasteiger partial charge in [-0.1, -0.05) is 17.4 Å². The van der Waals surface area contributed by atoms with Gasteiger partial charge in [0.15, 0.2) is 5.82 Å². The first-order chi connectivity index (χ1) is 13.2. The molecule has 4 heterocycles. The Balaban J connectivity index is 1.30. The lowest BCUT2D eigenvalue weighted by molar-refractivity contribution is -0.118. The molecule has 0 aliphatic carbocycles. The van der Waals surface area contributed by atoms with Crippen molar-refractivity contribution < 1.29 is 4.79 Å². The molecule has 140 valence electrons. The van der Waals surface area contributed by atoms with Crippen LogP contribution in [0.1, 0.15) is 35.7 Å². The zero-order chi connectivity index (χ0) is 18.4. The van der Waals surface area contributed by atoms with E-state index >= 15 is 0 Å². The Kier molecular flexibility index (Phi) is 4.07. The highest BCUT2D eigenvalue weighted by Gasteiger charge is 2.26. The van der Waals surface area contributed by atoms with Crippen LogP contribution in [0.2, 0.25) is 0 Å². The predicted molar refractivity (Wildman–Crippen MR) is 106 cm³/mol. The van der Waals surface area contributed by atoms with Crippen molar-refractivity contribution in [2.24, 2.45) is 0 Å². The molecule has 1 aromatic carbocycles. The van der Waals surface area contributed by atoms with Gasteiger partial charge in [-0.15, -0.1) is 10.2 Å². The first-order valence-electron chi connectivity index (χ1n) is 9.55. The van der Waals surface area contributed by atoms with Crippen molar-refractivity contribution in [3.05, 3.63) is 34.6 Å². The fourth-order valence-electron chi connectivity index (χ4n) is 4.00. The molecular weight excluding hydrogens is 360 g/mol. The van der Waals surface area contributed by atoms with Crippen LogP contribution in [0.4, 0.5) is 11.4 Å². The van der Waals surface area contributed by atoms with Crippen LogP contribution in [0, 0.1) is 6.92 Å². The predicted octanol–water partition coefficient (Wildman–Crippen LogP) is 2.62. The highest BCUT2D eigenvalue weighted by atomic mass is 32.1. The first kappa shape index (κ1) is 16.7. The molecule has 2 aliphatic heterocycles. The SMILES string of the molecule is Cc1nnc2sc(CCC(=O)N3CCc4ccc(N5CCCC5)cc43)nn12. The fraction of sp³-hybridized carbons (Fsp3) is 0.474. The number of carbonyl (C=O) groups excluding carboxylic acids is 1. The van der Waals surface area contributed by atoms with Crippen molar-refractivity contribution in [2.45, 2.75) is 39.0 Å². The molecule has 0 bridgehead atoms. The highest BCUT2D eigenvalue weighted by molar-refractivity contribution is 7.16. The molecule has 1 amide bonds. The number of anilines is 2. The van der Waals surface area contributed by atoms with Crippen molar-refractivity contribution in [2.75, 3.05) is 29.4 Å². The average molecular weight is 382 g/mol. The van der Waals surface area contributed by atoms with E-state index in [1.807, 2.05) is 11.8 Å². The maximum absolute atomic E-state index is 12.9. The smallest absolute Gasteiger partial charge is 0.234 e. The van der Waals surface area contributed by atoms with Gasteiger partial charge in [0.25, 0.3) is 0 Å². The van der Waals surface area contributed by atoms with Crippen molar-refractivity contribution in [1.29, 1.82) is 0 Å². The molecule has 3 aromatic rings. The molecule has 0 N–H and O–H groups in total. The molecule has 2 aromatic heterocycles. The van der Waals surface area contributed by atoms with Crippen LogP contribution in [0.15, 0.2) is 18.2 Å². The topological polar surface area (TPSA) is 66.6 Å². The summed E-state index contributed by atoms with van der Waals surface area (Å²) in [6.07, 6.45) is 4.57. The molecule has 1 saturated heterocycles. The van der Waals surface area contributed by atoms with Crippen LogP contribution < -0.4 is 9.80 Å². The molecule has 0 unspecified atom stereocenters. The zero-order valence-electron chi connectivity index (χ0n) is 15.4. The monoisotopic (exact) mass is 382 g/mol. The summed E-state index contributed by atoms with van der Waals surface area (Å²) in [6, 6.07) is 6.61. The molecule has 0 atom stereocenters. The number of benzene rings is 1. The second-order valence-electron chi connectivity index (χ2n) is 7.24. The number of hydrogen-bond acceptors (Lipinski definition) is 6. The van der Waals surface area contributed by atoms with Gasteiger partial charge < -0.3 is 9.80 Å². The summed E-state index contributed by atoms with van der Waals surface area (Å²) in [4.78, 5) is 18.1. The number of nitrogens with zero attached hydrogens (tertiary/aromatic N) is 6. The molecule has 0 spiro atoms. The molecule has 7 nitrogen and oxygen atoms in total. The summed E-state index contributed by atoms with van der Waals surface area (Å²) in [5.41, 5.74) is 3.62. The van der Waals surface area contributed by atoms with Gasteiger partial charge in [-0.2, -0.15) is 9.61 Å². The molecular formula is C19H22N6OS. The van der Waals surface area contributed by atoms with Gasteiger partial charge in [-0.05, 0) is 43.9 Å². The van der Waals surface area contributed by atoms with Crippen molar-refractivity contribution in [3.63, 3.8) is 0 Å². The Morgan fingerprint density at radius 3 is 2.85 bits per heavy atom. The van der Waals surface area contributed by atoms with Gasteiger partial charge >= 0.3 is 0 Å². The van der Waals surface area contributed by atoms with Gasteiger partial charge in [0.2, 0.25) is 10.9 Å². The third-order valence-electron chi connectivity index (χ3n) is 5.48. The van der Waals surface area contributed by atoms with Crippen LogP contribution >= 0.6 is 11.3 Å². The fourth-order valence-corrected chi connectivity index (χ4v) is 4.88. The van der Waals surface area contributed by atoms with E-state index in [9.17, 15) is 4.79 Å². The number of hydrogen-bond donors (Lipinski definition) is 0. The largest absolute Gasteiger partial charge is 0.371 e. The van der Waals surface area contributed by atoms with Crippen LogP contribution in [0.25, 0.3) is 4.96 Å². The van der Waals surface area contributed by atoms with E-state index in [4.69, 9.17) is 0 Å². The number of rotatable bonds is 4. The van der Waals surface area contributed by atoms with E-state index in [1.54, 1.807) is 4.52 Å². The third kappa shape index (κ3) is 2.97. The quantitative estimate of drug-likeness (QED) is 0.694. The van der Waals surface area contributed by atoms with Crippen LogP contribution in [-0.4, -0.2) is 45.4 Å². The minimum absolute atomic E-state index is 0.176. The number of carbonyl (C=O) groups is 1. The summed E-state index contributed by atoms with van der Waals surface area (Å²) in [7, 11) is 0. The molecule has 2 aliphatic rings. The van der Waals surface area contributed by atoms with Gasteiger partial charge in [0.05, 0.1) is 0 Å². The highest BCUT2D eigenvalue weighted by Crippen LogP contribution is 2.34. The summed E-state index contributed by atoms with van der Waals surface area (Å²) < 4.78 is 1.75. The Bertz CT molecular complexity index is 1000. The average Bonchev–Trinajstić information content (AvgIpc) is 3.45. The minimum atomic E-state index is 0.176. The van der Waals surface area contributed by atoms with Crippen molar-refractivity contribution >= 4 is 33.6 Å². The second-order valence-corrected chi connectivity index (χ2v) is 8.28. The van der Waals surface area contributed by atoms with E-state index in [0.29, 0.717) is 12.8 Å². The summed E-state index contributed by atoms with van der Waals surface area (Å²) in [6.45, 7) is 4.90. The Morgan fingerprint density at radius 2 is 2.04 bits per heavy atom. The molecule has 0 radical (unpaired) electrons.